The molecule has 2 aliphatic heterocycles. The SMILES string of the molecule is O=C(CN1CCN(C(=O)C2CC(O)CN2)CC1)Nc1ccccc1Cl. The number of hydrogen-bond donors (Lipinski definition) is 3. The zero-order valence-electron chi connectivity index (χ0n) is 13.9. The highest BCUT2D eigenvalue weighted by molar-refractivity contribution is 6.33. The van der Waals surface area contributed by atoms with Gasteiger partial charge in [-0.15, -0.1) is 0 Å². The second kappa shape index (κ2) is 8.14. The van der Waals surface area contributed by atoms with E-state index < -0.39 is 6.10 Å². The third-order valence-electron chi connectivity index (χ3n) is 4.60. The summed E-state index contributed by atoms with van der Waals surface area (Å²) in [4.78, 5) is 28.4. The molecule has 25 heavy (non-hydrogen) atoms. The van der Waals surface area contributed by atoms with Crippen molar-refractivity contribution in [2.45, 2.75) is 18.6 Å². The minimum absolute atomic E-state index is 0.0386. The molecule has 0 radical (unpaired) electrons. The molecule has 1 aromatic rings. The molecule has 3 rings (SSSR count). The first kappa shape index (κ1) is 18.1. The Kier molecular flexibility index (Phi) is 5.90. The molecule has 2 aliphatic rings. The van der Waals surface area contributed by atoms with Crippen LogP contribution in [0, 0.1) is 0 Å². The predicted molar refractivity (Wildman–Crippen MR) is 95.5 cm³/mol. The van der Waals surface area contributed by atoms with Gasteiger partial charge in [-0.2, -0.15) is 0 Å². The number of para-hydroxylation sites is 1. The maximum Gasteiger partial charge on any atom is 0.239 e. The molecule has 7 nitrogen and oxygen atoms in total. The number of β-amino-alcohol motifs (C(OH)–C–C–N with tert-alkyl or cyclic N) is 1. The van der Waals surface area contributed by atoms with Crippen molar-refractivity contribution in [1.82, 2.24) is 15.1 Å². The molecular weight excluding hydrogens is 344 g/mol. The molecule has 3 N–H and O–H groups in total. The first-order chi connectivity index (χ1) is 12.0. The molecular formula is C17H23ClN4O3. The Morgan fingerprint density at radius 2 is 1.96 bits per heavy atom. The summed E-state index contributed by atoms with van der Waals surface area (Å²) in [6.07, 6.45) is 0.0305. The quantitative estimate of drug-likeness (QED) is 0.706. The topological polar surface area (TPSA) is 84.9 Å². The summed E-state index contributed by atoms with van der Waals surface area (Å²) >= 11 is 6.04. The number of hydrogen-bond acceptors (Lipinski definition) is 5. The van der Waals surface area contributed by atoms with Crippen LogP contribution < -0.4 is 10.6 Å². The largest absolute Gasteiger partial charge is 0.392 e. The van der Waals surface area contributed by atoms with E-state index in [1.54, 1.807) is 17.0 Å². The van der Waals surface area contributed by atoms with Gasteiger partial charge in [0.1, 0.15) is 0 Å². The number of halogens is 1. The van der Waals surface area contributed by atoms with Crippen LogP contribution in [0.1, 0.15) is 6.42 Å². The van der Waals surface area contributed by atoms with E-state index >= 15 is 0 Å². The summed E-state index contributed by atoms with van der Waals surface area (Å²) in [6, 6.07) is 6.84. The van der Waals surface area contributed by atoms with Gasteiger partial charge >= 0.3 is 0 Å². The smallest absolute Gasteiger partial charge is 0.239 e. The van der Waals surface area contributed by atoms with Crippen LogP contribution in [-0.2, 0) is 9.59 Å². The number of anilines is 1. The van der Waals surface area contributed by atoms with Crippen molar-refractivity contribution >= 4 is 29.1 Å². The number of aliphatic hydroxyl groups excluding tert-OH is 1. The van der Waals surface area contributed by atoms with E-state index in [-0.39, 0.29) is 24.4 Å². The number of aliphatic hydroxyl groups is 1. The molecule has 0 aliphatic carbocycles. The second-order valence-electron chi connectivity index (χ2n) is 6.48. The van der Waals surface area contributed by atoms with E-state index in [0.29, 0.717) is 49.9 Å². The molecule has 2 saturated heterocycles. The fraction of sp³-hybridized carbons (Fsp3) is 0.529. The van der Waals surface area contributed by atoms with Crippen molar-refractivity contribution in [3.05, 3.63) is 29.3 Å². The lowest BCUT2D eigenvalue weighted by Crippen LogP contribution is -2.54. The molecule has 2 amide bonds. The molecule has 1 aromatic carbocycles. The zero-order chi connectivity index (χ0) is 17.8. The highest BCUT2D eigenvalue weighted by Gasteiger charge is 2.32. The fourth-order valence-corrected chi connectivity index (χ4v) is 3.39. The van der Waals surface area contributed by atoms with Crippen molar-refractivity contribution < 1.29 is 14.7 Å². The zero-order valence-corrected chi connectivity index (χ0v) is 14.7. The van der Waals surface area contributed by atoms with E-state index in [0.717, 1.165) is 0 Å². The van der Waals surface area contributed by atoms with Crippen LogP contribution in [0.15, 0.2) is 24.3 Å². The van der Waals surface area contributed by atoms with Gasteiger partial charge in [0.2, 0.25) is 11.8 Å². The average Bonchev–Trinajstić information content (AvgIpc) is 3.03. The van der Waals surface area contributed by atoms with Gasteiger partial charge in [0.15, 0.2) is 0 Å². The van der Waals surface area contributed by atoms with Crippen molar-refractivity contribution in [2.75, 3.05) is 44.6 Å². The molecule has 2 heterocycles. The van der Waals surface area contributed by atoms with Crippen molar-refractivity contribution in [3.8, 4) is 0 Å². The number of piperazine rings is 1. The number of benzene rings is 1. The molecule has 2 atom stereocenters. The summed E-state index contributed by atoms with van der Waals surface area (Å²) in [5, 5.41) is 15.9. The molecule has 0 bridgehead atoms. The molecule has 8 heteroatoms. The van der Waals surface area contributed by atoms with Crippen LogP contribution in [-0.4, -0.2) is 78.1 Å². The summed E-state index contributed by atoms with van der Waals surface area (Å²) in [5.41, 5.74) is 0.605. The van der Waals surface area contributed by atoms with Crippen LogP contribution in [0.5, 0.6) is 0 Å². The monoisotopic (exact) mass is 366 g/mol. The van der Waals surface area contributed by atoms with Crippen molar-refractivity contribution in [2.24, 2.45) is 0 Å². The molecule has 2 fully saturated rings. The molecule has 0 aromatic heterocycles. The van der Waals surface area contributed by atoms with E-state index in [4.69, 9.17) is 11.6 Å². The Bertz CT molecular complexity index is 634. The molecule has 0 spiro atoms. The Morgan fingerprint density at radius 1 is 1.24 bits per heavy atom. The van der Waals surface area contributed by atoms with Gasteiger partial charge in [0.25, 0.3) is 0 Å². The summed E-state index contributed by atoms with van der Waals surface area (Å²) in [7, 11) is 0. The minimum Gasteiger partial charge on any atom is -0.392 e. The predicted octanol–water partition coefficient (Wildman–Crippen LogP) is 0.146. The lowest BCUT2D eigenvalue weighted by molar-refractivity contribution is -0.135. The van der Waals surface area contributed by atoms with Crippen molar-refractivity contribution in [1.29, 1.82) is 0 Å². The summed E-state index contributed by atoms with van der Waals surface area (Å²) in [5.74, 6) is -0.0785. The van der Waals surface area contributed by atoms with E-state index in [1.807, 2.05) is 17.0 Å². The number of rotatable bonds is 4. The summed E-state index contributed by atoms with van der Waals surface area (Å²) in [6.45, 7) is 3.22. The fourth-order valence-electron chi connectivity index (χ4n) is 3.21. The number of nitrogens with zero attached hydrogens (tertiary/aromatic N) is 2. The number of carbonyl (C=O) groups excluding carboxylic acids is 2. The number of nitrogens with one attached hydrogen (secondary N) is 2. The van der Waals surface area contributed by atoms with Crippen LogP contribution in [0.2, 0.25) is 5.02 Å². The standard InChI is InChI=1S/C17H23ClN4O3/c18-13-3-1-2-4-14(13)20-16(24)11-21-5-7-22(8-6-21)17(25)15-9-12(23)10-19-15/h1-4,12,15,19,23H,5-11H2,(H,20,24). The van der Waals surface area contributed by atoms with E-state index in [1.165, 1.54) is 0 Å². The van der Waals surface area contributed by atoms with Gasteiger partial charge in [-0.1, -0.05) is 23.7 Å². The molecule has 0 saturated carbocycles. The van der Waals surface area contributed by atoms with Crippen LogP contribution in [0.25, 0.3) is 0 Å². The average molecular weight is 367 g/mol. The van der Waals surface area contributed by atoms with Crippen LogP contribution >= 0.6 is 11.6 Å². The van der Waals surface area contributed by atoms with Gasteiger partial charge in [0, 0.05) is 32.7 Å². The van der Waals surface area contributed by atoms with Crippen LogP contribution in [0.3, 0.4) is 0 Å². The lowest BCUT2D eigenvalue weighted by atomic mass is 10.1. The number of carbonyl (C=O) groups is 2. The second-order valence-corrected chi connectivity index (χ2v) is 6.89. The number of amides is 2. The Morgan fingerprint density at radius 3 is 2.60 bits per heavy atom. The first-order valence-corrected chi connectivity index (χ1v) is 8.87. The maximum absolute atomic E-state index is 12.4. The minimum atomic E-state index is -0.441. The van der Waals surface area contributed by atoms with Gasteiger partial charge in [-0.3, -0.25) is 14.5 Å². The van der Waals surface area contributed by atoms with Gasteiger partial charge in [-0.25, -0.2) is 0 Å². The molecule has 2 unspecified atom stereocenters. The first-order valence-electron chi connectivity index (χ1n) is 8.50. The Labute approximate surface area is 151 Å². The van der Waals surface area contributed by atoms with Gasteiger partial charge in [0.05, 0.1) is 29.4 Å². The Hall–Kier alpha value is -1.67. The van der Waals surface area contributed by atoms with Crippen LogP contribution in [0.4, 0.5) is 5.69 Å². The highest BCUT2D eigenvalue weighted by Crippen LogP contribution is 2.20. The maximum atomic E-state index is 12.4. The normalized spacial score (nSPS) is 24.3. The Balaban J connectivity index is 1.44. The van der Waals surface area contributed by atoms with E-state index in [2.05, 4.69) is 10.6 Å². The van der Waals surface area contributed by atoms with Gasteiger partial charge < -0.3 is 20.6 Å². The van der Waals surface area contributed by atoms with Crippen molar-refractivity contribution in [3.63, 3.8) is 0 Å². The molecule has 136 valence electrons. The van der Waals surface area contributed by atoms with E-state index in [9.17, 15) is 14.7 Å². The third kappa shape index (κ3) is 4.70. The third-order valence-corrected chi connectivity index (χ3v) is 4.93. The van der Waals surface area contributed by atoms with Gasteiger partial charge in [-0.05, 0) is 18.6 Å². The summed E-state index contributed by atoms with van der Waals surface area (Å²) < 4.78 is 0. The highest BCUT2D eigenvalue weighted by atomic mass is 35.5. The lowest BCUT2D eigenvalue weighted by Gasteiger charge is -2.35.